The molecule has 5 heteroatoms. The normalized spacial score (nSPS) is 20.2. The molecular formula is C22H30O5. The first-order valence-corrected chi connectivity index (χ1v) is 9.95. The molecule has 0 saturated heterocycles. The van der Waals surface area contributed by atoms with Crippen molar-refractivity contribution >= 4 is 17.5 Å². The van der Waals surface area contributed by atoms with Gasteiger partial charge in [0.2, 0.25) is 0 Å². The highest BCUT2D eigenvalue weighted by molar-refractivity contribution is 5.88. The van der Waals surface area contributed by atoms with E-state index in [1.807, 2.05) is 24.3 Å². The average molecular weight is 374 g/mol. The third-order valence-electron chi connectivity index (χ3n) is 4.92. The van der Waals surface area contributed by atoms with Gasteiger partial charge in [-0.25, -0.2) is 0 Å². The Hall–Kier alpha value is -2.01. The van der Waals surface area contributed by atoms with Gasteiger partial charge in [0.1, 0.15) is 5.78 Å². The van der Waals surface area contributed by atoms with Gasteiger partial charge in [0.25, 0.3) is 0 Å². The Labute approximate surface area is 161 Å². The predicted octanol–water partition coefficient (Wildman–Crippen LogP) is 3.86. The smallest absolute Gasteiger partial charge is 0.306 e. The first kappa shape index (κ1) is 21.3. The minimum atomic E-state index is -1.05. The Morgan fingerprint density at radius 2 is 1.67 bits per heavy atom. The summed E-state index contributed by atoms with van der Waals surface area (Å²) in [5.41, 5.74) is 1.70. The summed E-state index contributed by atoms with van der Waals surface area (Å²) in [4.78, 5) is 36.3. The van der Waals surface area contributed by atoms with Crippen molar-refractivity contribution in [3.8, 4) is 0 Å². The lowest BCUT2D eigenvalue weighted by molar-refractivity contribution is -0.156. The molecule has 1 aromatic rings. The summed E-state index contributed by atoms with van der Waals surface area (Å²) < 4.78 is 5.57. The van der Waals surface area contributed by atoms with Gasteiger partial charge in [-0.2, -0.15) is 0 Å². The zero-order chi connectivity index (χ0) is 19.6. The van der Waals surface area contributed by atoms with Crippen LogP contribution in [0, 0.1) is 0 Å². The molecule has 0 fully saturated rings. The molecule has 148 valence electrons. The van der Waals surface area contributed by atoms with E-state index in [1.165, 1.54) is 6.92 Å². The summed E-state index contributed by atoms with van der Waals surface area (Å²) in [6.45, 7) is 1.38. The standard InChI is InChI=1S/C22H30O5/c1-16(23)14-18(24)15-20(25)22-19-12-9-8-11-17(19)10-6-4-2-3-5-7-13-21(26)27-22/h8-9,11-12,18,22,24H,2-7,10,13-15H2,1H3/t18-,22+/m1/s1. The van der Waals surface area contributed by atoms with Gasteiger partial charge >= 0.3 is 5.97 Å². The predicted molar refractivity (Wildman–Crippen MR) is 102 cm³/mol. The van der Waals surface area contributed by atoms with Crippen LogP contribution in [0.15, 0.2) is 24.3 Å². The number of hydrogen-bond acceptors (Lipinski definition) is 5. The molecule has 0 unspecified atom stereocenters. The highest BCUT2D eigenvalue weighted by Crippen LogP contribution is 2.27. The van der Waals surface area contributed by atoms with E-state index >= 15 is 0 Å². The zero-order valence-electron chi connectivity index (χ0n) is 16.1. The number of benzene rings is 1. The van der Waals surface area contributed by atoms with E-state index in [0.29, 0.717) is 12.0 Å². The molecule has 0 amide bonds. The lowest BCUT2D eigenvalue weighted by Gasteiger charge is -2.21. The number of ketones is 2. The van der Waals surface area contributed by atoms with Gasteiger partial charge in [0.15, 0.2) is 11.9 Å². The second kappa shape index (κ2) is 11.0. The van der Waals surface area contributed by atoms with Crippen LogP contribution in [0.2, 0.25) is 0 Å². The number of ether oxygens (including phenoxy) is 1. The van der Waals surface area contributed by atoms with Crippen LogP contribution in [-0.4, -0.2) is 28.7 Å². The maximum Gasteiger partial charge on any atom is 0.306 e. The highest BCUT2D eigenvalue weighted by Gasteiger charge is 2.28. The van der Waals surface area contributed by atoms with Gasteiger partial charge in [-0.15, -0.1) is 0 Å². The van der Waals surface area contributed by atoms with Crippen molar-refractivity contribution in [3.05, 3.63) is 35.4 Å². The number of cyclic esters (lactones) is 1. The van der Waals surface area contributed by atoms with Crippen molar-refractivity contribution in [2.45, 2.75) is 83.3 Å². The van der Waals surface area contributed by atoms with Crippen molar-refractivity contribution in [3.63, 3.8) is 0 Å². The number of rotatable bonds is 5. The Morgan fingerprint density at radius 1 is 1.04 bits per heavy atom. The molecular weight excluding hydrogens is 344 g/mol. The van der Waals surface area contributed by atoms with E-state index in [2.05, 4.69) is 0 Å². The van der Waals surface area contributed by atoms with Crippen LogP contribution < -0.4 is 0 Å². The number of fused-ring (bicyclic) bond motifs is 1. The van der Waals surface area contributed by atoms with Gasteiger partial charge < -0.3 is 9.84 Å². The molecule has 0 aliphatic carbocycles. The summed E-state index contributed by atoms with van der Waals surface area (Å²) >= 11 is 0. The minimum Gasteiger partial charge on any atom is -0.449 e. The monoisotopic (exact) mass is 374 g/mol. The van der Waals surface area contributed by atoms with Crippen LogP contribution in [0.3, 0.4) is 0 Å². The zero-order valence-corrected chi connectivity index (χ0v) is 16.1. The number of aryl methyl sites for hydroxylation is 1. The fraction of sp³-hybridized carbons (Fsp3) is 0.591. The van der Waals surface area contributed by atoms with Crippen molar-refractivity contribution in [2.75, 3.05) is 0 Å². The first-order valence-electron chi connectivity index (χ1n) is 9.95. The molecule has 2 rings (SSSR count). The van der Waals surface area contributed by atoms with Crippen LogP contribution in [-0.2, 0) is 25.5 Å². The van der Waals surface area contributed by atoms with Crippen LogP contribution in [0.5, 0.6) is 0 Å². The Morgan fingerprint density at radius 3 is 2.37 bits per heavy atom. The van der Waals surface area contributed by atoms with Gasteiger partial charge in [-0.05, 0) is 31.7 Å². The second-order valence-electron chi connectivity index (χ2n) is 7.42. The van der Waals surface area contributed by atoms with Crippen molar-refractivity contribution in [2.24, 2.45) is 0 Å². The Bertz CT molecular complexity index is 652. The second-order valence-corrected chi connectivity index (χ2v) is 7.42. The number of aliphatic hydroxyl groups excluding tert-OH is 1. The molecule has 0 spiro atoms. The van der Waals surface area contributed by atoms with Gasteiger partial charge in [0.05, 0.1) is 6.10 Å². The molecule has 1 aliphatic rings. The topological polar surface area (TPSA) is 80.7 Å². The van der Waals surface area contributed by atoms with Crippen molar-refractivity contribution in [1.82, 2.24) is 0 Å². The molecule has 1 heterocycles. The van der Waals surface area contributed by atoms with E-state index in [-0.39, 0.29) is 30.4 Å². The lowest BCUT2D eigenvalue weighted by Crippen LogP contribution is -2.25. The largest absolute Gasteiger partial charge is 0.449 e. The quantitative estimate of drug-likeness (QED) is 0.792. The number of hydrogen-bond donors (Lipinski definition) is 1. The van der Waals surface area contributed by atoms with E-state index in [9.17, 15) is 19.5 Å². The molecule has 1 aromatic carbocycles. The molecule has 0 saturated carbocycles. The van der Waals surface area contributed by atoms with Crippen molar-refractivity contribution < 1.29 is 24.2 Å². The van der Waals surface area contributed by atoms with Crippen LogP contribution in [0.4, 0.5) is 0 Å². The number of esters is 1. The molecule has 0 radical (unpaired) electrons. The van der Waals surface area contributed by atoms with E-state index in [1.54, 1.807) is 0 Å². The number of carbonyl (C=O) groups excluding carboxylic acids is 3. The molecule has 27 heavy (non-hydrogen) atoms. The van der Waals surface area contributed by atoms with E-state index in [4.69, 9.17) is 4.74 Å². The number of Topliss-reactive ketones (excluding diaryl/α,β-unsaturated/α-hetero) is 2. The van der Waals surface area contributed by atoms with Gasteiger partial charge in [-0.1, -0.05) is 49.9 Å². The Balaban J connectivity index is 2.24. The third kappa shape index (κ3) is 7.25. The molecule has 1 N–H and O–H groups in total. The molecule has 2 atom stereocenters. The summed E-state index contributed by atoms with van der Waals surface area (Å²) in [5, 5.41) is 10.00. The average Bonchev–Trinajstić information content (AvgIpc) is 2.62. The summed E-state index contributed by atoms with van der Waals surface area (Å²) in [7, 11) is 0. The van der Waals surface area contributed by atoms with Gasteiger partial charge in [0, 0.05) is 24.8 Å². The number of aliphatic hydroxyl groups is 1. The fourth-order valence-electron chi connectivity index (χ4n) is 3.55. The molecule has 0 aromatic heterocycles. The van der Waals surface area contributed by atoms with Crippen LogP contribution >= 0.6 is 0 Å². The first-order chi connectivity index (χ1) is 13.0. The summed E-state index contributed by atoms with van der Waals surface area (Å²) in [5.74, 6) is -0.925. The van der Waals surface area contributed by atoms with E-state index in [0.717, 1.165) is 50.5 Å². The maximum absolute atomic E-state index is 12.8. The summed E-state index contributed by atoms with van der Waals surface area (Å²) in [6.07, 6.45) is 4.92. The third-order valence-corrected chi connectivity index (χ3v) is 4.92. The van der Waals surface area contributed by atoms with E-state index < -0.39 is 12.2 Å². The molecule has 5 nitrogen and oxygen atoms in total. The lowest BCUT2D eigenvalue weighted by atomic mass is 9.93. The van der Waals surface area contributed by atoms with Crippen LogP contribution in [0.1, 0.15) is 81.9 Å². The fourth-order valence-corrected chi connectivity index (χ4v) is 3.55. The van der Waals surface area contributed by atoms with Crippen LogP contribution in [0.25, 0.3) is 0 Å². The molecule has 0 bridgehead atoms. The highest BCUT2D eigenvalue weighted by atomic mass is 16.5. The van der Waals surface area contributed by atoms with Gasteiger partial charge in [-0.3, -0.25) is 14.4 Å². The maximum atomic E-state index is 12.8. The summed E-state index contributed by atoms with van der Waals surface area (Å²) in [6, 6.07) is 7.54. The molecule has 1 aliphatic heterocycles. The Kier molecular flexibility index (Phi) is 8.65. The number of carbonyl (C=O) groups is 3. The minimum absolute atomic E-state index is 0.0753. The SMILES string of the molecule is CC(=O)C[C@@H](O)CC(=O)[C@H]1OC(=O)CCCCCCCCc2ccccc21. The van der Waals surface area contributed by atoms with Crippen molar-refractivity contribution in [1.29, 1.82) is 0 Å².